The van der Waals surface area contributed by atoms with Crippen LogP contribution in [-0.4, -0.2) is 49.2 Å². The molecule has 0 aromatic carbocycles. The van der Waals surface area contributed by atoms with Crippen molar-refractivity contribution in [1.29, 1.82) is 0 Å². The molecule has 0 aromatic rings. The van der Waals surface area contributed by atoms with Crippen LogP contribution in [0.1, 0.15) is 41.0 Å². The predicted octanol–water partition coefficient (Wildman–Crippen LogP) is 2.04. The Morgan fingerprint density at radius 3 is 0.833 bits per heavy atom. The first-order valence-electron chi connectivity index (χ1n) is 6.60. The van der Waals surface area contributed by atoms with E-state index in [2.05, 4.69) is 19.7 Å². The van der Waals surface area contributed by atoms with Crippen LogP contribution in [0.15, 0.2) is 36.5 Å². The van der Waals surface area contributed by atoms with Crippen LogP contribution in [0.25, 0.3) is 0 Å². The topological polar surface area (TPSA) is 152 Å². The molecule has 140 valence electrons. The van der Waals surface area contributed by atoms with Gasteiger partial charge in [-0.15, -0.1) is 0 Å². The molecule has 0 saturated carbocycles. The zero-order chi connectivity index (χ0) is 20.7. The molecule has 0 aliphatic carbocycles. The first-order valence-corrected chi connectivity index (χ1v) is 6.60. The van der Waals surface area contributed by atoms with E-state index in [1.165, 1.54) is 27.7 Å². The number of rotatable bonds is 4. The molecule has 8 nitrogen and oxygen atoms in total. The molecule has 0 atom stereocenters. The van der Waals surface area contributed by atoms with Gasteiger partial charge in [-0.2, -0.15) is 0 Å². The highest BCUT2D eigenvalue weighted by atomic mass is 16.5. The summed E-state index contributed by atoms with van der Waals surface area (Å²) in [5.41, 5.74) is 0.528. The molecule has 0 bridgehead atoms. The van der Waals surface area contributed by atoms with Crippen LogP contribution < -0.4 is 0 Å². The van der Waals surface area contributed by atoms with E-state index in [4.69, 9.17) is 25.5 Å². The highest BCUT2D eigenvalue weighted by molar-refractivity contribution is 5.85. The lowest BCUT2D eigenvalue weighted by molar-refractivity contribution is -0.145. The minimum absolute atomic E-state index is 0.176. The number of aliphatic hydroxyl groups is 2. The lowest BCUT2D eigenvalue weighted by Gasteiger charge is -2.10. The van der Waals surface area contributed by atoms with Gasteiger partial charge in [-0.1, -0.05) is 26.7 Å². The van der Waals surface area contributed by atoms with E-state index < -0.39 is 23.7 Å². The zero-order valence-corrected chi connectivity index (χ0v) is 14.8. The van der Waals surface area contributed by atoms with Gasteiger partial charge in [-0.3, -0.25) is 0 Å². The smallest absolute Gasteiger partial charge is 0.330 e. The molecule has 24 heavy (non-hydrogen) atoms. The molecular formula is C16H28O8. The van der Waals surface area contributed by atoms with Gasteiger partial charge in [0, 0.05) is 16.7 Å². The van der Waals surface area contributed by atoms with Gasteiger partial charge in [0.25, 0.3) is 0 Å². The number of hydrogen-bond donors (Lipinski definition) is 5. The van der Waals surface area contributed by atoms with Gasteiger partial charge < -0.3 is 25.5 Å². The van der Waals surface area contributed by atoms with Crippen molar-refractivity contribution in [1.82, 2.24) is 0 Å². The number of hydrogen-bond acceptors (Lipinski definition) is 5. The number of carboxylic acid groups (broad SMARTS) is 3. The van der Waals surface area contributed by atoms with Gasteiger partial charge in [0.05, 0.1) is 0 Å². The summed E-state index contributed by atoms with van der Waals surface area (Å²) in [6, 6.07) is 0. The fourth-order valence-corrected chi connectivity index (χ4v) is 0. The molecule has 0 aliphatic heterocycles. The molecule has 0 spiro atoms. The Morgan fingerprint density at radius 1 is 0.750 bits per heavy atom. The van der Waals surface area contributed by atoms with Crippen LogP contribution in [0, 0.1) is 0 Å². The fourth-order valence-electron chi connectivity index (χ4n) is 0. The predicted molar refractivity (Wildman–Crippen MR) is 90.5 cm³/mol. The first kappa shape index (κ1) is 29.5. The summed E-state index contributed by atoms with van der Waals surface area (Å²) >= 11 is 0. The highest BCUT2D eigenvalue weighted by Crippen LogP contribution is 1.99. The van der Waals surface area contributed by atoms with Crippen molar-refractivity contribution in [3.63, 3.8) is 0 Å². The Bertz CT molecular complexity index is 362. The summed E-state index contributed by atoms with van der Waals surface area (Å²) < 4.78 is 0. The fraction of sp³-hybridized carbons (Fsp3) is 0.438. The van der Waals surface area contributed by atoms with Crippen molar-refractivity contribution >= 4 is 17.9 Å². The maximum absolute atomic E-state index is 9.60. The van der Waals surface area contributed by atoms with Crippen molar-refractivity contribution in [3.05, 3.63) is 36.5 Å². The normalized spacial score (nSPS) is 8.62. The van der Waals surface area contributed by atoms with Crippen LogP contribution in [-0.2, 0) is 14.4 Å². The number of carboxylic acids is 3. The molecule has 0 radical (unpaired) electrons. The van der Waals surface area contributed by atoms with E-state index >= 15 is 0 Å². The molecule has 0 saturated heterocycles. The Morgan fingerprint density at radius 2 is 0.833 bits per heavy atom. The molecule has 0 rings (SSSR count). The Kier molecular flexibility index (Phi) is 19.0. The second-order valence-electron chi connectivity index (χ2n) is 4.83. The average Bonchev–Trinajstić information content (AvgIpc) is 2.39. The SMILES string of the molecule is C=C(C)C(=O)O.C=C(C)C(=O)O.C=C(C)C(=O)O.CCC(C)(O)O. The number of carbonyl (C=O) groups is 3. The summed E-state index contributed by atoms with van der Waals surface area (Å²) in [7, 11) is 0. The van der Waals surface area contributed by atoms with Crippen molar-refractivity contribution in [2.45, 2.75) is 46.8 Å². The first-order chi connectivity index (χ1) is 10.5. The van der Waals surface area contributed by atoms with Gasteiger partial charge in [0.1, 0.15) is 0 Å². The van der Waals surface area contributed by atoms with E-state index in [9.17, 15) is 14.4 Å². The van der Waals surface area contributed by atoms with Gasteiger partial charge in [0.2, 0.25) is 0 Å². The quantitative estimate of drug-likeness (QED) is 0.382. The minimum atomic E-state index is -1.46. The Hall–Kier alpha value is -2.45. The summed E-state index contributed by atoms with van der Waals surface area (Å²) in [6.07, 6.45) is 0.382. The Balaban J connectivity index is -0.000000111. The zero-order valence-electron chi connectivity index (χ0n) is 14.8. The summed E-state index contributed by atoms with van der Waals surface area (Å²) in [6.45, 7) is 16.9. The lowest BCUT2D eigenvalue weighted by Crippen LogP contribution is -2.20. The molecule has 0 amide bonds. The minimum Gasteiger partial charge on any atom is -0.478 e. The van der Waals surface area contributed by atoms with Crippen LogP contribution in [0.3, 0.4) is 0 Å². The van der Waals surface area contributed by atoms with Crippen molar-refractivity contribution in [3.8, 4) is 0 Å². The molecule has 5 N–H and O–H groups in total. The molecule has 0 aromatic heterocycles. The van der Waals surface area contributed by atoms with Gasteiger partial charge in [0.15, 0.2) is 5.79 Å². The van der Waals surface area contributed by atoms with Crippen molar-refractivity contribution in [2.24, 2.45) is 0 Å². The van der Waals surface area contributed by atoms with Crippen molar-refractivity contribution < 1.29 is 39.9 Å². The highest BCUT2D eigenvalue weighted by Gasteiger charge is 2.08. The monoisotopic (exact) mass is 348 g/mol. The van der Waals surface area contributed by atoms with Gasteiger partial charge in [-0.25, -0.2) is 14.4 Å². The number of aliphatic carboxylic acids is 3. The summed E-state index contributed by atoms with van der Waals surface area (Å²) in [5, 5.41) is 40.4. The third-order valence-electron chi connectivity index (χ3n) is 1.77. The average molecular weight is 348 g/mol. The largest absolute Gasteiger partial charge is 0.478 e. The third kappa shape index (κ3) is 42.7. The van der Waals surface area contributed by atoms with Crippen molar-refractivity contribution in [2.75, 3.05) is 0 Å². The Labute approximate surface area is 142 Å². The molecule has 0 fully saturated rings. The van der Waals surface area contributed by atoms with E-state index in [1.807, 2.05) is 0 Å². The van der Waals surface area contributed by atoms with E-state index in [0.29, 0.717) is 6.42 Å². The van der Waals surface area contributed by atoms with Gasteiger partial charge >= 0.3 is 17.9 Å². The lowest BCUT2D eigenvalue weighted by atomic mass is 10.3. The van der Waals surface area contributed by atoms with E-state index in [1.54, 1.807) is 6.92 Å². The van der Waals surface area contributed by atoms with Crippen LogP contribution in [0.5, 0.6) is 0 Å². The standard InChI is InChI=1S/C4H10O2.3C4H6O2/c1-3-4(2,5)6;3*1-3(2)4(5)6/h5-6H,3H2,1-2H3;3*1H2,2H3,(H,5,6). The van der Waals surface area contributed by atoms with Crippen LogP contribution >= 0.6 is 0 Å². The summed E-state index contributed by atoms with van der Waals surface area (Å²) in [5.74, 6) is -4.26. The van der Waals surface area contributed by atoms with E-state index in [-0.39, 0.29) is 16.7 Å². The van der Waals surface area contributed by atoms with Gasteiger partial charge in [-0.05, 0) is 34.1 Å². The summed E-state index contributed by atoms with van der Waals surface area (Å²) in [4.78, 5) is 28.8. The molecule has 8 heteroatoms. The second kappa shape index (κ2) is 15.4. The van der Waals surface area contributed by atoms with Crippen LogP contribution in [0.2, 0.25) is 0 Å². The van der Waals surface area contributed by atoms with Crippen LogP contribution in [0.4, 0.5) is 0 Å². The molecule has 0 aliphatic rings. The maximum atomic E-state index is 9.60. The molecule has 0 unspecified atom stereocenters. The molecule has 0 heterocycles. The second-order valence-corrected chi connectivity index (χ2v) is 4.83. The third-order valence-corrected chi connectivity index (χ3v) is 1.77. The maximum Gasteiger partial charge on any atom is 0.330 e. The van der Waals surface area contributed by atoms with E-state index in [0.717, 1.165) is 0 Å². The molecular weight excluding hydrogens is 320 g/mol.